The summed E-state index contributed by atoms with van der Waals surface area (Å²) in [6, 6.07) is 4.41. The summed E-state index contributed by atoms with van der Waals surface area (Å²) in [6.45, 7) is 5.00. The van der Waals surface area contributed by atoms with E-state index in [2.05, 4.69) is 51.3 Å². The number of hydrogen-bond donors (Lipinski definition) is 0. The van der Waals surface area contributed by atoms with Crippen LogP contribution in [0.2, 0.25) is 0 Å². The van der Waals surface area contributed by atoms with E-state index in [-0.39, 0.29) is 6.29 Å². The van der Waals surface area contributed by atoms with Gasteiger partial charge in [0, 0.05) is 57.0 Å². The molecule has 1 unspecified atom stereocenters. The standard InChI is InChI=1S/C28H43N3O2/c1(2-4-10-22-32-28-13-7-11-23-33-28)3-6-12-25-15-20-30(21-16-25)26-14-17-29-27(24-26)31-18-8-5-9-19-31/h5,8-9,14,17-18,24-25,28H,1-4,6-7,10-13,15-16,19-23H2. The quantitative estimate of drug-likeness (QED) is 0.339. The van der Waals surface area contributed by atoms with Crippen molar-refractivity contribution in [3.8, 4) is 0 Å². The molecule has 33 heavy (non-hydrogen) atoms. The second-order valence-electron chi connectivity index (χ2n) is 9.80. The van der Waals surface area contributed by atoms with E-state index >= 15 is 0 Å². The minimum atomic E-state index is 0.0787. The first kappa shape index (κ1) is 24.3. The summed E-state index contributed by atoms with van der Waals surface area (Å²) in [7, 11) is 0. The molecular weight excluding hydrogens is 410 g/mol. The Morgan fingerprint density at radius 1 is 0.970 bits per heavy atom. The number of anilines is 2. The van der Waals surface area contributed by atoms with Gasteiger partial charge in [-0.25, -0.2) is 4.98 Å². The van der Waals surface area contributed by atoms with Crippen LogP contribution in [0, 0.1) is 5.92 Å². The SMILES string of the molecule is C1=CCN(c2cc(N3CCC(CCCCCCCCOC4CCCCO4)CC3)ccn2)C=C1. The molecule has 1 aromatic rings. The zero-order valence-electron chi connectivity index (χ0n) is 20.4. The van der Waals surface area contributed by atoms with Gasteiger partial charge in [-0.2, -0.15) is 0 Å². The molecule has 2 fully saturated rings. The molecule has 182 valence electrons. The molecule has 5 heteroatoms. The second-order valence-corrected chi connectivity index (χ2v) is 9.80. The maximum absolute atomic E-state index is 5.83. The fourth-order valence-corrected chi connectivity index (χ4v) is 5.18. The van der Waals surface area contributed by atoms with Gasteiger partial charge in [0.15, 0.2) is 6.29 Å². The van der Waals surface area contributed by atoms with Crippen LogP contribution in [0.1, 0.15) is 77.0 Å². The Hall–Kier alpha value is -1.85. The Kier molecular flexibility index (Phi) is 10.1. The van der Waals surface area contributed by atoms with Crippen molar-refractivity contribution in [2.45, 2.75) is 83.3 Å². The number of hydrogen-bond acceptors (Lipinski definition) is 5. The van der Waals surface area contributed by atoms with Crippen molar-refractivity contribution >= 4 is 11.5 Å². The predicted molar refractivity (Wildman–Crippen MR) is 137 cm³/mol. The van der Waals surface area contributed by atoms with Crippen LogP contribution in [0.4, 0.5) is 11.5 Å². The molecule has 4 rings (SSSR count). The van der Waals surface area contributed by atoms with Crippen LogP contribution in [0.25, 0.3) is 0 Å². The van der Waals surface area contributed by atoms with Crippen LogP contribution in [0.3, 0.4) is 0 Å². The lowest BCUT2D eigenvalue weighted by Crippen LogP contribution is -2.33. The molecule has 3 aliphatic heterocycles. The summed E-state index contributed by atoms with van der Waals surface area (Å²) >= 11 is 0. The monoisotopic (exact) mass is 453 g/mol. The Balaban J connectivity index is 1.03. The molecule has 0 spiro atoms. The molecule has 0 aromatic carbocycles. The first-order valence-corrected chi connectivity index (χ1v) is 13.4. The molecular formula is C28H43N3O2. The maximum atomic E-state index is 5.83. The predicted octanol–water partition coefficient (Wildman–Crippen LogP) is 6.46. The molecule has 0 N–H and O–H groups in total. The lowest BCUT2D eigenvalue weighted by molar-refractivity contribution is -0.162. The Labute approximate surface area is 200 Å². The average Bonchev–Trinajstić information content (AvgIpc) is 2.89. The molecule has 0 aliphatic carbocycles. The van der Waals surface area contributed by atoms with E-state index in [0.717, 1.165) is 37.9 Å². The average molecular weight is 454 g/mol. The van der Waals surface area contributed by atoms with Crippen LogP contribution in [0.5, 0.6) is 0 Å². The molecule has 0 saturated carbocycles. The van der Waals surface area contributed by atoms with Crippen LogP contribution >= 0.6 is 0 Å². The van der Waals surface area contributed by atoms with Crippen LogP contribution in [-0.4, -0.2) is 44.1 Å². The number of piperidine rings is 1. The number of pyridine rings is 1. The third kappa shape index (κ3) is 8.15. The van der Waals surface area contributed by atoms with Crippen molar-refractivity contribution < 1.29 is 9.47 Å². The van der Waals surface area contributed by atoms with Crippen molar-refractivity contribution in [1.29, 1.82) is 0 Å². The van der Waals surface area contributed by atoms with E-state index < -0.39 is 0 Å². The minimum absolute atomic E-state index is 0.0787. The van der Waals surface area contributed by atoms with Gasteiger partial charge in [0.05, 0.1) is 0 Å². The summed E-state index contributed by atoms with van der Waals surface area (Å²) in [5.74, 6) is 1.95. The molecule has 1 atom stereocenters. The Morgan fingerprint density at radius 3 is 2.61 bits per heavy atom. The highest BCUT2D eigenvalue weighted by molar-refractivity contribution is 5.57. The maximum Gasteiger partial charge on any atom is 0.157 e. The zero-order valence-corrected chi connectivity index (χ0v) is 20.4. The van der Waals surface area contributed by atoms with Crippen molar-refractivity contribution in [2.75, 3.05) is 42.6 Å². The number of ether oxygens (including phenoxy) is 2. The van der Waals surface area contributed by atoms with Gasteiger partial charge in [-0.05, 0) is 56.6 Å². The van der Waals surface area contributed by atoms with Crippen molar-refractivity contribution in [1.82, 2.24) is 4.98 Å². The lowest BCUT2D eigenvalue weighted by atomic mass is 9.91. The third-order valence-corrected chi connectivity index (χ3v) is 7.27. The van der Waals surface area contributed by atoms with Crippen LogP contribution < -0.4 is 9.80 Å². The molecule has 1 aromatic heterocycles. The fourth-order valence-electron chi connectivity index (χ4n) is 5.18. The van der Waals surface area contributed by atoms with Gasteiger partial charge in [0.25, 0.3) is 0 Å². The summed E-state index contributed by atoms with van der Waals surface area (Å²) in [4.78, 5) is 9.33. The topological polar surface area (TPSA) is 37.8 Å². The van der Waals surface area contributed by atoms with Gasteiger partial charge in [0.2, 0.25) is 0 Å². The van der Waals surface area contributed by atoms with Crippen molar-refractivity contribution in [2.24, 2.45) is 5.92 Å². The third-order valence-electron chi connectivity index (χ3n) is 7.27. The number of nitrogens with zero attached hydrogens (tertiary/aromatic N) is 3. The number of aromatic nitrogens is 1. The van der Waals surface area contributed by atoms with E-state index in [9.17, 15) is 0 Å². The molecule has 0 bridgehead atoms. The number of allylic oxidation sites excluding steroid dienone is 2. The lowest BCUT2D eigenvalue weighted by Gasteiger charge is -2.34. The van der Waals surface area contributed by atoms with Crippen molar-refractivity contribution in [3.05, 3.63) is 42.8 Å². The largest absolute Gasteiger partial charge is 0.371 e. The molecule has 3 aliphatic rings. The summed E-state index contributed by atoms with van der Waals surface area (Å²) < 4.78 is 11.5. The normalized spacial score (nSPS) is 21.6. The highest BCUT2D eigenvalue weighted by Crippen LogP contribution is 2.28. The van der Waals surface area contributed by atoms with Gasteiger partial charge < -0.3 is 19.3 Å². The number of rotatable bonds is 12. The highest BCUT2D eigenvalue weighted by Gasteiger charge is 2.20. The Bertz CT molecular complexity index is 736. The van der Waals surface area contributed by atoms with Gasteiger partial charge in [-0.1, -0.05) is 50.7 Å². The molecule has 5 nitrogen and oxygen atoms in total. The van der Waals surface area contributed by atoms with E-state index in [0.29, 0.717) is 0 Å². The van der Waals surface area contributed by atoms with Gasteiger partial charge in [0.1, 0.15) is 5.82 Å². The Morgan fingerprint density at radius 2 is 1.82 bits per heavy atom. The summed E-state index contributed by atoms with van der Waals surface area (Å²) in [5, 5.41) is 0. The zero-order chi connectivity index (χ0) is 22.6. The summed E-state index contributed by atoms with van der Waals surface area (Å²) in [6.07, 6.45) is 26.0. The molecule has 2 saturated heterocycles. The van der Waals surface area contributed by atoms with Crippen molar-refractivity contribution in [3.63, 3.8) is 0 Å². The van der Waals surface area contributed by atoms with Gasteiger partial charge >= 0.3 is 0 Å². The fraction of sp³-hybridized carbons (Fsp3) is 0.679. The minimum Gasteiger partial charge on any atom is -0.371 e. The smallest absolute Gasteiger partial charge is 0.157 e. The van der Waals surface area contributed by atoms with Crippen LogP contribution in [-0.2, 0) is 9.47 Å². The molecule has 0 amide bonds. The van der Waals surface area contributed by atoms with Gasteiger partial charge in [-0.15, -0.1) is 0 Å². The van der Waals surface area contributed by atoms with E-state index in [1.165, 1.54) is 89.4 Å². The highest BCUT2D eigenvalue weighted by atomic mass is 16.7. The molecule has 0 radical (unpaired) electrons. The van der Waals surface area contributed by atoms with Crippen LogP contribution in [0.15, 0.2) is 42.8 Å². The first-order chi connectivity index (χ1) is 16.4. The number of unbranched alkanes of at least 4 members (excludes halogenated alkanes) is 5. The first-order valence-electron chi connectivity index (χ1n) is 13.4. The summed E-state index contributed by atoms with van der Waals surface area (Å²) in [5.41, 5.74) is 1.32. The van der Waals surface area contributed by atoms with Gasteiger partial charge in [-0.3, -0.25) is 0 Å². The van der Waals surface area contributed by atoms with E-state index in [1.807, 2.05) is 6.20 Å². The molecule has 4 heterocycles. The van der Waals surface area contributed by atoms with E-state index in [1.54, 1.807) is 0 Å². The second kappa shape index (κ2) is 13.8. The van der Waals surface area contributed by atoms with E-state index in [4.69, 9.17) is 9.47 Å².